The minimum Gasteiger partial charge on any atom is -0.353 e. The van der Waals surface area contributed by atoms with Crippen LogP contribution in [0.5, 0.6) is 0 Å². The van der Waals surface area contributed by atoms with Crippen LogP contribution in [0.4, 0.5) is 5.82 Å². The Balaban J connectivity index is 1.77. The fourth-order valence-electron chi connectivity index (χ4n) is 4.12. The second kappa shape index (κ2) is 6.78. The number of piperidine rings is 1. The second-order valence-corrected chi connectivity index (χ2v) is 6.75. The van der Waals surface area contributed by atoms with Crippen molar-refractivity contribution in [2.75, 3.05) is 18.0 Å². The molecule has 1 aliphatic heterocycles. The molecule has 0 aromatic carbocycles. The summed E-state index contributed by atoms with van der Waals surface area (Å²) in [5, 5.41) is 3.51. The third-order valence-electron chi connectivity index (χ3n) is 5.04. The first kappa shape index (κ1) is 14.8. The zero-order chi connectivity index (χ0) is 14.7. The molecule has 2 aliphatic rings. The van der Waals surface area contributed by atoms with Crippen molar-refractivity contribution >= 4 is 5.82 Å². The monoisotopic (exact) mass is 287 g/mol. The third kappa shape index (κ3) is 3.39. The van der Waals surface area contributed by atoms with E-state index in [4.69, 9.17) is 4.98 Å². The third-order valence-corrected chi connectivity index (χ3v) is 5.04. The SMILES string of the molecule is CCCNCc1cc(C)nc(N2CCCC3CCCC32)c1. The molecule has 116 valence electrons. The van der Waals surface area contributed by atoms with Gasteiger partial charge in [-0.2, -0.15) is 0 Å². The molecule has 3 nitrogen and oxygen atoms in total. The lowest BCUT2D eigenvalue weighted by atomic mass is 9.92. The predicted octanol–water partition coefficient (Wildman–Crippen LogP) is 3.66. The van der Waals surface area contributed by atoms with Crippen LogP contribution in [0.1, 0.15) is 56.7 Å². The molecule has 2 unspecified atom stereocenters. The summed E-state index contributed by atoms with van der Waals surface area (Å²) >= 11 is 0. The Morgan fingerprint density at radius 1 is 1.24 bits per heavy atom. The van der Waals surface area contributed by atoms with Crippen molar-refractivity contribution in [1.29, 1.82) is 0 Å². The molecular formula is C18H29N3. The number of hydrogen-bond donors (Lipinski definition) is 1. The van der Waals surface area contributed by atoms with E-state index in [0.717, 1.165) is 30.7 Å². The van der Waals surface area contributed by atoms with Crippen LogP contribution in [0.2, 0.25) is 0 Å². The summed E-state index contributed by atoms with van der Waals surface area (Å²) in [4.78, 5) is 7.45. The molecule has 3 rings (SSSR count). The van der Waals surface area contributed by atoms with Crippen LogP contribution in [0.15, 0.2) is 12.1 Å². The summed E-state index contributed by atoms with van der Waals surface area (Å²) in [5.74, 6) is 2.14. The van der Waals surface area contributed by atoms with Gasteiger partial charge < -0.3 is 10.2 Å². The Morgan fingerprint density at radius 2 is 2.10 bits per heavy atom. The van der Waals surface area contributed by atoms with Gasteiger partial charge in [0.05, 0.1) is 0 Å². The fourth-order valence-corrected chi connectivity index (χ4v) is 4.12. The Bertz CT molecular complexity index is 472. The van der Waals surface area contributed by atoms with Gasteiger partial charge in [0.1, 0.15) is 5.82 Å². The molecule has 1 aromatic heterocycles. The molecule has 1 aromatic rings. The van der Waals surface area contributed by atoms with E-state index >= 15 is 0 Å². The van der Waals surface area contributed by atoms with E-state index in [0.29, 0.717) is 0 Å². The summed E-state index contributed by atoms with van der Waals surface area (Å²) in [6.45, 7) is 7.59. The van der Waals surface area contributed by atoms with Crippen molar-refractivity contribution in [2.45, 2.75) is 65.0 Å². The first-order valence-corrected chi connectivity index (χ1v) is 8.73. The molecule has 2 heterocycles. The number of nitrogens with one attached hydrogen (secondary N) is 1. The van der Waals surface area contributed by atoms with Crippen molar-refractivity contribution in [1.82, 2.24) is 10.3 Å². The highest BCUT2D eigenvalue weighted by molar-refractivity contribution is 5.45. The van der Waals surface area contributed by atoms with E-state index in [1.807, 2.05) is 0 Å². The summed E-state index contributed by atoms with van der Waals surface area (Å²) in [6.07, 6.45) is 8.15. The molecule has 0 amide bonds. The van der Waals surface area contributed by atoms with Gasteiger partial charge in [-0.3, -0.25) is 0 Å². The molecule has 0 bridgehead atoms. The zero-order valence-corrected chi connectivity index (χ0v) is 13.6. The van der Waals surface area contributed by atoms with Crippen LogP contribution in [0, 0.1) is 12.8 Å². The van der Waals surface area contributed by atoms with Gasteiger partial charge in [-0.05, 0) is 69.2 Å². The number of pyridine rings is 1. The molecule has 2 fully saturated rings. The maximum absolute atomic E-state index is 4.84. The van der Waals surface area contributed by atoms with Gasteiger partial charge in [0.2, 0.25) is 0 Å². The van der Waals surface area contributed by atoms with E-state index in [9.17, 15) is 0 Å². The molecule has 0 spiro atoms. The smallest absolute Gasteiger partial charge is 0.129 e. The van der Waals surface area contributed by atoms with Gasteiger partial charge >= 0.3 is 0 Å². The van der Waals surface area contributed by atoms with Gasteiger partial charge in [0, 0.05) is 24.8 Å². The molecule has 1 N–H and O–H groups in total. The molecular weight excluding hydrogens is 258 g/mol. The number of anilines is 1. The highest BCUT2D eigenvalue weighted by Crippen LogP contribution is 2.38. The number of rotatable bonds is 5. The molecule has 1 saturated heterocycles. The second-order valence-electron chi connectivity index (χ2n) is 6.75. The van der Waals surface area contributed by atoms with Gasteiger partial charge in [0.15, 0.2) is 0 Å². The van der Waals surface area contributed by atoms with Crippen molar-refractivity contribution in [3.05, 3.63) is 23.4 Å². The quantitative estimate of drug-likeness (QED) is 0.838. The predicted molar refractivity (Wildman–Crippen MR) is 88.7 cm³/mol. The largest absolute Gasteiger partial charge is 0.353 e. The van der Waals surface area contributed by atoms with Crippen molar-refractivity contribution < 1.29 is 0 Å². The highest BCUT2D eigenvalue weighted by atomic mass is 15.2. The average molecular weight is 287 g/mol. The number of hydrogen-bond acceptors (Lipinski definition) is 3. The van der Waals surface area contributed by atoms with Crippen LogP contribution in [0.25, 0.3) is 0 Å². The van der Waals surface area contributed by atoms with E-state index in [1.54, 1.807) is 0 Å². The Labute approximate surface area is 129 Å². The molecule has 2 atom stereocenters. The lowest BCUT2D eigenvalue weighted by Gasteiger charge is -2.39. The number of aromatic nitrogens is 1. The van der Waals surface area contributed by atoms with Crippen LogP contribution in [-0.4, -0.2) is 24.1 Å². The average Bonchev–Trinajstić information content (AvgIpc) is 2.95. The minimum absolute atomic E-state index is 0.754. The van der Waals surface area contributed by atoms with Crippen LogP contribution < -0.4 is 10.2 Å². The summed E-state index contributed by atoms with van der Waals surface area (Å²) < 4.78 is 0. The lowest BCUT2D eigenvalue weighted by molar-refractivity contribution is 0.360. The lowest BCUT2D eigenvalue weighted by Crippen LogP contribution is -2.43. The summed E-state index contributed by atoms with van der Waals surface area (Å²) in [7, 11) is 0. The van der Waals surface area contributed by atoms with Crippen molar-refractivity contribution in [3.63, 3.8) is 0 Å². The van der Waals surface area contributed by atoms with Crippen molar-refractivity contribution in [2.24, 2.45) is 5.92 Å². The highest BCUT2D eigenvalue weighted by Gasteiger charge is 2.35. The minimum atomic E-state index is 0.754. The normalized spacial score (nSPS) is 25.1. The van der Waals surface area contributed by atoms with Gasteiger partial charge in [-0.1, -0.05) is 13.3 Å². The molecule has 1 saturated carbocycles. The molecule has 21 heavy (non-hydrogen) atoms. The molecule has 3 heteroatoms. The number of aryl methyl sites for hydroxylation is 1. The Morgan fingerprint density at radius 3 is 2.95 bits per heavy atom. The molecule has 1 aliphatic carbocycles. The van der Waals surface area contributed by atoms with Crippen LogP contribution >= 0.6 is 0 Å². The van der Waals surface area contributed by atoms with E-state index in [-0.39, 0.29) is 0 Å². The standard InChI is InChI=1S/C18H29N3/c1-3-9-19-13-15-11-14(2)20-18(12-15)21-10-5-7-16-6-4-8-17(16)21/h11-12,16-17,19H,3-10,13H2,1-2H3. The Kier molecular flexibility index (Phi) is 4.79. The van der Waals surface area contributed by atoms with Crippen molar-refractivity contribution in [3.8, 4) is 0 Å². The van der Waals surface area contributed by atoms with Crippen LogP contribution in [0.3, 0.4) is 0 Å². The van der Waals surface area contributed by atoms with Gasteiger partial charge in [-0.15, -0.1) is 0 Å². The first-order valence-electron chi connectivity index (χ1n) is 8.73. The molecule has 0 radical (unpaired) electrons. The van der Waals surface area contributed by atoms with Gasteiger partial charge in [-0.25, -0.2) is 4.98 Å². The summed E-state index contributed by atoms with van der Waals surface area (Å²) in [6, 6.07) is 5.29. The van der Waals surface area contributed by atoms with E-state index in [2.05, 4.69) is 36.2 Å². The number of nitrogens with zero attached hydrogens (tertiary/aromatic N) is 2. The van der Waals surface area contributed by atoms with E-state index in [1.165, 1.54) is 56.5 Å². The maximum atomic E-state index is 4.84. The number of fused-ring (bicyclic) bond motifs is 1. The zero-order valence-electron chi connectivity index (χ0n) is 13.6. The first-order chi connectivity index (χ1) is 10.3. The fraction of sp³-hybridized carbons (Fsp3) is 0.722. The summed E-state index contributed by atoms with van der Waals surface area (Å²) in [5.41, 5.74) is 2.53. The Hall–Kier alpha value is -1.09. The van der Waals surface area contributed by atoms with E-state index < -0.39 is 0 Å². The maximum Gasteiger partial charge on any atom is 0.129 e. The van der Waals surface area contributed by atoms with Crippen LogP contribution in [-0.2, 0) is 6.54 Å². The van der Waals surface area contributed by atoms with Gasteiger partial charge in [0.25, 0.3) is 0 Å². The topological polar surface area (TPSA) is 28.2 Å².